The minimum absolute atomic E-state index is 0.0858. The van der Waals surface area contributed by atoms with E-state index in [4.69, 9.17) is 22.2 Å². The number of carbonyl (C=O) groups excluding carboxylic acids is 1. The van der Waals surface area contributed by atoms with Gasteiger partial charge in [0.25, 0.3) is 5.91 Å². The Balaban J connectivity index is 2.03. The molecule has 0 aromatic carbocycles. The van der Waals surface area contributed by atoms with Crippen LogP contribution in [0.4, 0.5) is 5.82 Å². The monoisotopic (exact) mass is 298 g/mol. The van der Waals surface area contributed by atoms with Gasteiger partial charge in [0, 0.05) is 32.4 Å². The predicted molar refractivity (Wildman–Crippen MR) is 77.6 cm³/mol. The van der Waals surface area contributed by atoms with Gasteiger partial charge in [-0.25, -0.2) is 10.8 Å². The van der Waals surface area contributed by atoms with Gasteiger partial charge < -0.3 is 15.1 Å². The van der Waals surface area contributed by atoms with Crippen molar-refractivity contribution >= 4 is 23.3 Å². The Labute approximate surface area is 123 Å². The summed E-state index contributed by atoms with van der Waals surface area (Å²) < 4.78 is 5.32. The van der Waals surface area contributed by atoms with Gasteiger partial charge in [0.2, 0.25) is 0 Å². The highest BCUT2D eigenvalue weighted by molar-refractivity contribution is 6.29. The van der Waals surface area contributed by atoms with Crippen LogP contribution >= 0.6 is 11.6 Å². The van der Waals surface area contributed by atoms with Crippen molar-refractivity contribution in [3.8, 4) is 0 Å². The van der Waals surface area contributed by atoms with E-state index in [0.717, 1.165) is 26.1 Å². The molecular formula is C13H19ClN4O2. The summed E-state index contributed by atoms with van der Waals surface area (Å²) in [5.74, 6) is 6.08. The molecular weight excluding hydrogens is 280 g/mol. The molecule has 0 atom stereocenters. The topological polar surface area (TPSA) is 80.5 Å². The van der Waals surface area contributed by atoms with E-state index in [1.807, 2.05) is 0 Å². The smallest absolute Gasteiger partial charge is 0.253 e. The average Bonchev–Trinajstić information content (AvgIpc) is 2.46. The lowest BCUT2D eigenvalue weighted by Crippen LogP contribution is -2.34. The zero-order valence-corrected chi connectivity index (χ0v) is 12.2. The van der Waals surface area contributed by atoms with Crippen molar-refractivity contribution in [1.29, 1.82) is 0 Å². The van der Waals surface area contributed by atoms with Gasteiger partial charge in [0.15, 0.2) is 0 Å². The minimum Gasteiger partial charge on any atom is -0.381 e. The molecule has 1 aliphatic heterocycles. The molecule has 0 unspecified atom stereocenters. The first kappa shape index (κ1) is 15.0. The molecule has 0 saturated carbocycles. The molecule has 0 spiro atoms. The highest BCUT2D eigenvalue weighted by Gasteiger charge is 2.20. The molecule has 1 amide bonds. The summed E-state index contributed by atoms with van der Waals surface area (Å²) in [6.07, 6.45) is 1.98. The molecule has 2 rings (SSSR count). The maximum atomic E-state index is 12.4. The highest BCUT2D eigenvalue weighted by Crippen LogP contribution is 2.19. The zero-order chi connectivity index (χ0) is 14.5. The molecule has 1 aromatic heterocycles. The fourth-order valence-electron chi connectivity index (χ4n) is 2.31. The number of hydrogen-bond donors (Lipinski definition) is 2. The molecule has 2 heterocycles. The van der Waals surface area contributed by atoms with Crippen LogP contribution < -0.4 is 11.3 Å². The van der Waals surface area contributed by atoms with E-state index in [-0.39, 0.29) is 11.1 Å². The first-order valence-corrected chi connectivity index (χ1v) is 6.95. The number of anilines is 1. The summed E-state index contributed by atoms with van der Waals surface area (Å²) >= 11 is 5.88. The van der Waals surface area contributed by atoms with Crippen molar-refractivity contribution in [3.05, 3.63) is 22.8 Å². The lowest BCUT2D eigenvalue weighted by molar-refractivity contribution is 0.0497. The van der Waals surface area contributed by atoms with Gasteiger partial charge in [0.1, 0.15) is 11.0 Å². The second-order valence-corrected chi connectivity index (χ2v) is 5.34. The molecule has 7 heteroatoms. The largest absolute Gasteiger partial charge is 0.381 e. The third kappa shape index (κ3) is 3.82. The molecule has 6 nitrogen and oxygen atoms in total. The Kier molecular flexibility index (Phi) is 5.17. The second-order valence-electron chi connectivity index (χ2n) is 4.95. The molecule has 0 radical (unpaired) electrons. The van der Waals surface area contributed by atoms with Crippen molar-refractivity contribution in [1.82, 2.24) is 9.88 Å². The van der Waals surface area contributed by atoms with E-state index in [9.17, 15) is 4.79 Å². The van der Waals surface area contributed by atoms with Crippen LogP contribution in [0.5, 0.6) is 0 Å². The molecule has 1 saturated heterocycles. The normalized spacial score (nSPS) is 15.9. The summed E-state index contributed by atoms with van der Waals surface area (Å²) in [6.45, 7) is 2.26. The van der Waals surface area contributed by atoms with Gasteiger partial charge in [-0.2, -0.15) is 0 Å². The molecule has 0 aliphatic carbocycles. The lowest BCUT2D eigenvalue weighted by atomic mass is 9.99. The maximum absolute atomic E-state index is 12.4. The number of nitrogen functional groups attached to an aromatic ring is 1. The number of halogens is 1. The second kappa shape index (κ2) is 6.88. The van der Waals surface area contributed by atoms with Crippen LogP contribution in [0.25, 0.3) is 0 Å². The summed E-state index contributed by atoms with van der Waals surface area (Å²) in [5.41, 5.74) is 2.88. The number of amides is 1. The molecule has 1 aliphatic rings. The molecule has 0 bridgehead atoms. The van der Waals surface area contributed by atoms with Gasteiger partial charge in [-0.3, -0.25) is 4.79 Å². The van der Waals surface area contributed by atoms with E-state index < -0.39 is 0 Å². The first-order chi connectivity index (χ1) is 9.60. The molecule has 1 fully saturated rings. The van der Waals surface area contributed by atoms with Crippen LogP contribution in [0.2, 0.25) is 5.15 Å². The van der Waals surface area contributed by atoms with Crippen molar-refractivity contribution < 1.29 is 9.53 Å². The average molecular weight is 299 g/mol. The summed E-state index contributed by atoms with van der Waals surface area (Å²) in [7, 11) is 1.79. The Morgan fingerprint density at radius 1 is 1.55 bits per heavy atom. The lowest BCUT2D eigenvalue weighted by Gasteiger charge is -2.27. The van der Waals surface area contributed by atoms with Crippen LogP contribution in [0.1, 0.15) is 23.2 Å². The summed E-state index contributed by atoms with van der Waals surface area (Å²) in [5, 5.41) is 0.239. The van der Waals surface area contributed by atoms with E-state index in [2.05, 4.69) is 10.4 Å². The number of nitrogens with zero attached hydrogens (tertiary/aromatic N) is 2. The number of nitrogens with two attached hydrogens (primary N) is 1. The number of hydrogen-bond acceptors (Lipinski definition) is 5. The van der Waals surface area contributed by atoms with Gasteiger partial charge in [-0.05, 0) is 30.9 Å². The fourth-order valence-corrected chi connectivity index (χ4v) is 2.52. The van der Waals surface area contributed by atoms with Gasteiger partial charge in [-0.1, -0.05) is 11.6 Å². The minimum atomic E-state index is -0.0858. The van der Waals surface area contributed by atoms with Crippen molar-refractivity contribution in [2.45, 2.75) is 12.8 Å². The van der Waals surface area contributed by atoms with Crippen LogP contribution in [0, 0.1) is 5.92 Å². The highest BCUT2D eigenvalue weighted by atomic mass is 35.5. The SMILES string of the molecule is CN(CC1CCOCC1)C(=O)c1cc(Cl)nc(NN)c1. The molecule has 110 valence electrons. The number of pyridine rings is 1. The summed E-state index contributed by atoms with van der Waals surface area (Å²) in [6, 6.07) is 3.14. The predicted octanol–water partition coefficient (Wildman–Crippen LogP) is 1.52. The van der Waals surface area contributed by atoms with E-state index >= 15 is 0 Å². The van der Waals surface area contributed by atoms with Crippen LogP contribution in [0.15, 0.2) is 12.1 Å². The number of carbonyl (C=O) groups is 1. The Morgan fingerprint density at radius 2 is 2.25 bits per heavy atom. The van der Waals surface area contributed by atoms with E-state index in [0.29, 0.717) is 23.8 Å². The molecule has 1 aromatic rings. The summed E-state index contributed by atoms with van der Waals surface area (Å²) in [4.78, 5) is 18.0. The van der Waals surface area contributed by atoms with Crippen molar-refractivity contribution in [2.24, 2.45) is 11.8 Å². The quantitative estimate of drug-likeness (QED) is 0.500. The van der Waals surface area contributed by atoms with Crippen LogP contribution in [-0.2, 0) is 4.74 Å². The Bertz CT molecular complexity index is 477. The fraction of sp³-hybridized carbons (Fsp3) is 0.538. The third-order valence-electron chi connectivity index (χ3n) is 3.41. The number of nitrogens with one attached hydrogen (secondary N) is 1. The standard InChI is InChI=1S/C13H19ClN4O2/c1-18(8-9-2-4-20-5-3-9)13(19)10-6-11(14)16-12(7-10)17-15/h6-7,9H,2-5,8,15H2,1H3,(H,16,17). The molecule has 20 heavy (non-hydrogen) atoms. The number of ether oxygens (including phenoxy) is 1. The number of hydrazine groups is 1. The van der Waals surface area contributed by atoms with Gasteiger partial charge in [0.05, 0.1) is 0 Å². The first-order valence-electron chi connectivity index (χ1n) is 6.57. The zero-order valence-electron chi connectivity index (χ0n) is 11.4. The third-order valence-corrected chi connectivity index (χ3v) is 3.60. The Hall–Kier alpha value is -1.37. The maximum Gasteiger partial charge on any atom is 0.253 e. The van der Waals surface area contributed by atoms with Crippen LogP contribution in [-0.4, -0.2) is 42.6 Å². The van der Waals surface area contributed by atoms with E-state index in [1.54, 1.807) is 24.1 Å². The van der Waals surface area contributed by atoms with Crippen molar-refractivity contribution in [3.63, 3.8) is 0 Å². The van der Waals surface area contributed by atoms with Gasteiger partial charge >= 0.3 is 0 Å². The number of aromatic nitrogens is 1. The van der Waals surface area contributed by atoms with Crippen molar-refractivity contribution in [2.75, 3.05) is 32.2 Å². The van der Waals surface area contributed by atoms with Crippen LogP contribution in [0.3, 0.4) is 0 Å². The van der Waals surface area contributed by atoms with Gasteiger partial charge in [-0.15, -0.1) is 0 Å². The Morgan fingerprint density at radius 3 is 2.90 bits per heavy atom. The number of rotatable bonds is 4. The van der Waals surface area contributed by atoms with E-state index in [1.165, 1.54) is 0 Å². The molecule has 3 N–H and O–H groups in total.